The molecule has 2 aliphatic rings. The minimum Gasteiger partial charge on any atom is -0.360 e. The molecule has 0 radical (unpaired) electrons. The van der Waals surface area contributed by atoms with Crippen LogP contribution in [0.5, 0.6) is 0 Å². The molecule has 1 aromatic rings. The zero-order valence-electron chi connectivity index (χ0n) is 13.6. The number of halogens is 2. The molecule has 1 aromatic carbocycles. The van der Waals surface area contributed by atoms with E-state index < -0.39 is 11.6 Å². The Kier molecular flexibility index (Phi) is 4.83. The number of nitrogens with zero attached hydrogens (tertiary/aromatic N) is 1. The van der Waals surface area contributed by atoms with E-state index in [1.54, 1.807) is 4.90 Å². The van der Waals surface area contributed by atoms with Crippen LogP contribution in [-0.2, 0) is 11.2 Å². The van der Waals surface area contributed by atoms with E-state index in [1.165, 1.54) is 12.5 Å². The van der Waals surface area contributed by atoms with Gasteiger partial charge in [-0.05, 0) is 43.2 Å². The molecule has 0 bridgehead atoms. The maximum absolute atomic E-state index is 14.1. The summed E-state index contributed by atoms with van der Waals surface area (Å²) in [5.41, 5.74) is 1.05. The summed E-state index contributed by atoms with van der Waals surface area (Å²) in [5.74, 6) is -0.699. The standard InChI is InChI=1S/C18H24F2N2O/c1-12-5-2-3-7-16(12)21-17(23)11-22-8-4-6-13-9-14(19)10-15(20)18(13)22/h9-10,12,16H,2-8,11H2,1H3,(H,21,23)/t12-,16-/m0/s1. The van der Waals surface area contributed by atoms with E-state index in [0.29, 0.717) is 30.1 Å². The fourth-order valence-corrected chi connectivity index (χ4v) is 3.85. The van der Waals surface area contributed by atoms with Crippen LogP contribution in [0.4, 0.5) is 14.5 Å². The minimum absolute atomic E-state index is 0.0691. The first-order valence-electron chi connectivity index (χ1n) is 8.57. The molecular weight excluding hydrogens is 298 g/mol. The molecule has 1 heterocycles. The zero-order valence-corrected chi connectivity index (χ0v) is 13.6. The van der Waals surface area contributed by atoms with Crippen molar-refractivity contribution in [2.24, 2.45) is 5.92 Å². The van der Waals surface area contributed by atoms with Crippen molar-refractivity contribution < 1.29 is 13.6 Å². The number of fused-ring (bicyclic) bond motifs is 1. The Morgan fingerprint density at radius 3 is 2.83 bits per heavy atom. The number of carbonyl (C=O) groups excluding carboxylic acids is 1. The Labute approximate surface area is 136 Å². The Morgan fingerprint density at radius 1 is 1.26 bits per heavy atom. The van der Waals surface area contributed by atoms with Gasteiger partial charge < -0.3 is 10.2 Å². The van der Waals surface area contributed by atoms with Crippen molar-refractivity contribution in [2.75, 3.05) is 18.0 Å². The van der Waals surface area contributed by atoms with Crippen molar-refractivity contribution in [1.29, 1.82) is 0 Å². The molecule has 126 valence electrons. The lowest BCUT2D eigenvalue weighted by Gasteiger charge is -2.33. The van der Waals surface area contributed by atoms with Crippen molar-refractivity contribution >= 4 is 11.6 Å². The molecular formula is C18H24F2N2O. The van der Waals surface area contributed by atoms with Gasteiger partial charge >= 0.3 is 0 Å². The second-order valence-electron chi connectivity index (χ2n) is 6.86. The monoisotopic (exact) mass is 322 g/mol. The van der Waals surface area contributed by atoms with Gasteiger partial charge in [0.25, 0.3) is 0 Å². The number of nitrogens with one attached hydrogen (secondary N) is 1. The van der Waals surface area contributed by atoms with Crippen LogP contribution in [0.3, 0.4) is 0 Å². The van der Waals surface area contributed by atoms with Crippen molar-refractivity contribution in [3.8, 4) is 0 Å². The van der Waals surface area contributed by atoms with Gasteiger partial charge in [0.1, 0.15) is 11.6 Å². The van der Waals surface area contributed by atoms with E-state index >= 15 is 0 Å². The molecule has 5 heteroatoms. The predicted molar refractivity (Wildman–Crippen MR) is 86.5 cm³/mol. The van der Waals surface area contributed by atoms with Crippen LogP contribution in [0.1, 0.15) is 44.6 Å². The number of rotatable bonds is 3. The molecule has 1 aliphatic heterocycles. The molecule has 0 aromatic heterocycles. The van der Waals surface area contributed by atoms with E-state index in [0.717, 1.165) is 31.7 Å². The number of carbonyl (C=O) groups is 1. The van der Waals surface area contributed by atoms with Crippen LogP contribution in [0.2, 0.25) is 0 Å². The number of anilines is 1. The molecule has 3 nitrogen and oxygen atoms in total. The highest BCUT2D eigenvalue weighted by Crippen LogP contribution is 2.31. The molecule has 1 fully saturated rings. The second kappa shape index (κ2) is 6.85. The molecule has 1 saturated carbocycles. The smallest absolute Gasteiger partial charge is 0.239 e. The number of amides is 1. The first-order chi connectivity index (χ1) is 11.0. The van der Waals surface area contributed by atoms with Crippen LogP contribution >= 0.6 is 0 Å². The largest absolute Gasteiger partial charge is 0.360 e. The van der Waals surface area contributed by atoms with E-state index in [4.69, 9.17) is 0 Å². The highest BCUT2D eigenvalue weighted by molar-refractivity contribution is 5.82. The molecule has 2 atom stereocenters. The van der Waals surface area contributed by atoms with Gasteiger partial charge in [0, 0.05) is 18.7 Å². The van der Waals surface area contributed by atoms with Crippen molar-refractivity contribution in [3.63, 3.8) is 0 Å². The summed E-state index contributed by atoms with van der Waals surface area (Å²) in [7, 11) is 0. The summed E-state index contributed by atoms with van der Waals surface area (Å²) in [5, 5.41) is 3.10. The van der Waals surface area contributed by atoms with Gasteiger partial charge in [-0.15, -0.1) is 0 Å². The van der Waals surface area contributed by atoms with Crippen LogP contribution in [-0.4, -0.2) is 25.0 Å². The van der Waals surface area contributed by atoms with Crippen molar-refractivity contribution in [1.82, 2.24) is 5.32 Å². The Morgan fingerprint density at radius 2 is 2.04 bits per heavy atom. The summed E-state index contributed by atoms with van der Waals surface area (Å²) < 4.78 is 27.5. The molecule has 0 unspecified atom stereocenters. The number of benzene rings is 1. The van der Waals surface area contributed by atoms with E-state index in [-0.39, 0.29) is 18.5 Å². The van der Waals surface area contributed by atoms with Gasteiger partial charge in [-0.1, -0.05) is 19.8 Å². The van der Waals surface area contributed by atoms with Crippen LogP contribution < -0.4 is 10.2 Å². The molecule has 0 spiro atoms. The first-order valence-corrected chi connectivity index (χ1v) is 8.57. The SMILES string of the molecule is C[C@H]1CCCC[C@@H]1NC(=O)CN1CCCc2cc(F)cc(F)c21. The lowest BCUT2D eigenvalue weighted by molar-refractivity contribution is -0.121. The average Bonchev–Trinajstić information content (AvgIpc) is 2.49. The van der Waals surface area contributed by atoms with Crippen LogP contribution in [0, 0.1) is 17.6 Å². The number of hydrogen-bond acceptors (Lipinski definition) is 2. The number of hydrogen-bond donors (Lipinski definition) is 1. The molecule has 0 saturated heterocycles. The average molecular weight is 322 g/mol. The lowest BCUT2D eigenvalue weighted by atomic mass is 9.86. The maximum Gasteiger partial charge on any atom is 0.239 e. The van der Waals surface area contributed by atoms with Gasteiger partial charge in [-0.25, -0.2) is 8.78 Å². The van der Waals surface area contributed by atoms with Gasteiger partial charge in [0.2, 0.25) is 5.91 Å². The fraction of sp³-hybridized carbons (Fsp3) is 0.611. The van der Waals surface area contributed by atoms with E-state index in [2.05, 4.69) is 12.2 Å². The van der Waals surface area contributed by atoms with Gasteiger partial charge in [0.05, 0.1) is 12.2 Å². The summed E-state index contributed by atoms with van der Waals surface area (Å²) in [6.45, 7) is 2.94. The van der Waals surface area contributed by atoms with Gasteiger partial charge in [-0.3, -0.25) is 4.79 Å². The minimum atomic E-state index is -0.571. The van der Waals surface area contributed by atoms with Gasteiger partial charge in [0.15, 0.2) is 0 Å². The summed E-state index contributed by atoms with van der Waals surface area (Å²) in [6.07, 6.45) is 6.00. The molecule has 3 rings (SSSR count). The zero-order chi connectivity index (χ0) is 16.4. The van der Waals surface area contributed by atoms with Crippen LogP contribution in [0.25, 0.3) is 0 Å². The summed E-state index contributed by atoms with van der Waals surface area (Å²) in [6, 6.07) is 2.50. The van der Waals surface area contributed by atoms with E-state index in [1.807, 2.05) is 0 Å². The predicted octanol–water partition coefficient (Wildman–Crippen LogP) is 3.41. The highest BCUT2D eigenvalue weighted by Gasteiger charge is 2.26. The molecule has 1 aliphatic carbocycles. The molecule has 1 N–H and O–H groups in total. The highest BCUT2D eigenvalue weighted by atomic mass is 19.1. The van der Waals surface area contributed by atoms with Gasteiger partial charge in [-0.2, -0.15) is 0 Å². The normalized spacial score (nSPS) is 24.2. The topological polar surface area (TPSA) is 32.3 Å². The molecule has 23 heavy (non-hydrogen) atoms. The Bertz CT molecular complexity index is 591. The third-order valence-electron chi connectivity index (χ3n) is 5.09. The third-order valence-corrected chi connectivity index (χ3v) is 5.09. The Balaban J connectivity index is 1.68. The molecule has 1 amide bonds. The summed E-state index contributed by atoms with van der Waals surface area (Å²) >= 11 is 0. The number of aryl methyl sites for hydroxylation is 1. The second-order valence-corrected chi connectivity index (χ2v) is 6.86. The summed E-state index contributed by atoms with van der Waals surface area (Å²) in [4.78, 5) is 14.1. The van der Waals surface area contributed by atoms with Crippen LogP contribution in [0.15, 0.2) is 12.1 Å². The van der Waals surface area contributed by atoms with Crippen molar-refractivity contribution in [2.45, 2.75) is 51.5 Å². The fourth-order valence-electron chi connectivity index (χ4n) is 3.85. The quantitative estimate of drug-likeness (QED) is 0.925. The lowest BCUT2D eigenvalue weighted by Crippen LogP contribution is -2.46. The maximum atomic E-state index is 14.1. The van der Waals surface area contributed by atoms with E-state index in [9.17, 15) is 13.6 Å². The first kappa shape index (κ1) is 16.2. The Hall–Kier alpha value is -1.65. The van der Waals surface area contributed by atoms with Crippen molar-refractivity contribution in [3.05, 3.63) is 29.3 Å². The third kappa shape index (κ3) is 3.65.